The molecule has 9 heteroatoms. The van der Waals surface area contributed by atoms with Crippen LogP contribution in [0.4, 0.5) is 0 Å². The maximum absolute atomic E-state index is 13.6. The number of fused-ring (bicyclic) bond motifs is 2. The highest BCUT2D eigenvalue weighted by Crippen LogP contribution is 2.52. The molecule has 1 aliphatic heterocycles. The summed E-state index contributed by atoms with van der Waals surface area (Å²) in [4.78, 5) is 13.6. The highest BCUT2D eigenvalue weighted by molar-refractivity contribution is 5.87. The molecule has 0 aliphatic carbocycles. The van der Waals surface area contributed by atoms with E-state index in [0.717, 1.165) is 11.3 Å². The molecule has 0 saturated carbocycles. The minimum Gasteiger partial charge on any atom is -0.497 e. The lowest BCUT2D eigenvalue weighted by Crippen LogP contribution is -2.07. The monoisotopic (exact) mass is 492 g/mol. The Morgan fingerprint density at radius 3 is 2.22 bits per heavy atom. The van der Waals surface area contributed by atoms with Crippen LogP contribution in [-0.4, -0.2) is 35.2 Å². The zero-order valence-corrected chi connectivity index (χ0v) is 20.2. The highest BCUT2D eigenvalue weighted by Gasteiger charge is 2.29. The molecule has 0 atom stereocenters. The van der Waals surface area contributed by atoms with Crippen molar-refractivity contribution in [3.05, 3.63) is 64.5 Å². The maximum atomic E-state index is 13.6. The summed E-state index contributed by atoms with van der Waals surface area (Å²) >= 11 is 0. The first kappa shape index (κ1) is 23.2. The van der Waals surface area contributed by atoms with Crippen molar-refractivity contribution in [3.8, 4) is 51.4 Å². The van der Waals surface area contributed by atoms with E-state index in [0.29, 0.717) is 57.6 Å². The maximum Gasteiger partial charge on any atom is 0.231 e. The van der Waals surface area contributed by atoms with Gasteiger partial charge in [0, 0.05) is 11.6 Å². The molecule has 3 aromatic carbocycles. The van der Waals surface area contributed by atoms with Crippen LogP contribution in [0, 0.1) is 0 Å². The predicted molar refractivity (Wildman–Crippen MR) is 131 cm³/mol. The quantitative estimate of drug-likeness (QED) is 0.344. The van der Waals surface area contributed by atoms with E-state index in [9.17, 15) is 4.79 Å². The first-order valence-corrected chi connectivity index (χ1v) is 11.0. The normalized spacial score (nSPS) is 11.9. The Morgan fingerprint density at radius 1 is 0.778 bits per heavy atom. The van der Waals surface area contributed by atoms with Gasteiger partial charge in [0.15, 0.2) is 23.0 Å². The van der Waals surface area contributed by atoms with Gasteiger partial charge in [-0.3, -0.25) is 4.79 Å². The van der Waals surface area contributed by atoms with Crippen molar-refractivity contribution in [2.45, 2.75) is 6.61 Å². The number of methoxy groups -OCH3 is 4. The SMILES string of the molecule is COc1ccc(COc2cc3occ(-c4cc(OC)c5c(c4OC)OCO5)c(=O)c3cc2OC)cc1. The third-order valence-corrected chi connectivity index (χ3v) is 5.89. The number of ether oxygens (including phenoxy) is 7. The Balaban J connectivity index is 1.55. The molecule has 9 nitrogen and oxygen atoms in total. The zero-order valence-electron chi connectivity index (χ0n) is 20.2. The fraction of sp³-hybridized carbons (Fsp3) is 0.222. The number of hydrogen-bond donors (Lipinski definition) is 0. The summed E-state index contributed by atoms with van der Waals surface area (Å²) in [5.74, 6) is 3.15. The molecular formula is C27H24O9. The van der Waals surface area contributed by atoms with Crippen LogP contribution in [0.25, 0.3) is 22.1 Å². The summed E-state index contributed by atoms with van der Waals surface area (Å²) in [5, 5.41) is 0.319. The second-order valence-electron chi connectivity index (χ2n) is 7.84. The predicted octanol–water partition coefficient (Wildman–Crippen LogP) is 4.80. The minimum atomic E-state index is -0.282. The third-order valence-electron chi connectivity index (χ3n) is 5.89. The lowest BCUT2D eigenvalue weighted by Gasteiger charge is -2.15. The average molecular weight is 492 g/mol. The first-order chi connectivity index (χ1) is 17.6. The third kappa shape index (κ3) is 3.98. The van der Waals surface area contributed by atoms with Crippen molar-refractivity contribution in [1.29, 1.82) is 0 Å². The summed E-state index contributed by atoms with van der Waals surface area (Å²) < 4.78 is 44.6. The molecule has 0 saturated heterocycles. The van der Waals surface area contributed by atoms with E-state index in [-0.39, 0.29) is 17.8 Å². The second-order valence-corrected chi connectivity index (χ2v) is 7.84. The topological polar surface area (TPSA) is 94.8 Å². The first-order valence-electron chi connectivity index (χ1n) is 11.0. The van der Waals surface area contributed by atoms with Crippen LogP contribution < -0.4 is 38.6 Å². The molecule has 0 unspecified atom stereocenters. The Hall–Kier alpha value is -4.53. The van der Waals surface area contributed by atoms with Gasteiger partial charge in [0.1, 0.15) is 24.2 Å². The van der Waals surface area contributed by atoms with Gasteiger partial charge in [-0.1, -0.05) is 12.1 Å². The van der Waals surface area contributed by atoms with Crippen LogP contribution in [-0.2, 0) is 6.61 Å². The van der Waals surface area contributed by atoms with Gasteiger partial charge in [-0.05, 0) is 29.8 Å². The van der Waals surface area contributed by atoms with Crippen LogP contribution in [0.5, 0.6) is 40.2 Å². The van der Waals surface area contributed by atoms with Gasteiger partial charge in [0.2, 0.25) is 23.7 Å². The van der Waals surface area contributed by atoms with Crippen molar-refractivity contribution >= 4 is 11.0 Å². The van der Waals surface area contributed by atoms with Gasteiger partial charge >= 0.3 is 0 Å². The van der Waals surface area contributed by atoms with E-state index >= 15 is 0 Å². The van der Waals surface area contributed by atoms with E-state index in [1.807, 2.05) is 24.3 Å². The van der Waals surface area contributed by atoms with Crippen molar-refractivity contribution in [1.82, 2.24) is 0 Å². The van der Waals surface area contributed by atoms with Crippen LogP contribution >= 0.6 is 0 Å². The molecule has 0 N–H and O–H groups in total. The molecule has 0 fully saturated rings. The van der Waals surface area contributed by atoms with Crippen molar-refractivity contribution < 1.29 is 37.6 Å². The molecular weight excluding hydrogens is 468 g/mol. The molecule has 1 aliphatic rings. The molecule has 2 heterocycles. The summed E-state index contributed by atoms with van der Waals surface area (Å²) in [5.41, 5.74) is 1.73. The van der Waals surface area contributed by atoms with Gasteiger partial charge in [-0.2, -0.15) is 0 Å². The Morgan fingerprint density at radius 2 is 1.53 bits per heavy atom. The van der Waals surface area contributed by atoms with Crippen LogP contribution in [0.15, 0.2) is 57.9 Å². The van der Waals surface area contributed by atoms with Crippen molar-refractivity contribution in [2.24, 2.45) is 0 Å². The summed E-state index contributed by atoms with van der Waals surface area (Å²) in [6, 6.07) is 12.4. The molecule has 4 aromatic rings. The van der Waals surface area contributed by atoms with E-state index < -0.39 is 0 Å². The van der Waals surface area contributed by atoms with Gasteiger partial charge in [-0.15, -0.1) is 0 Å². The van der Waals surface area contributed by atoms with Crippen molar-refractivity contribution in [3.63, 3.8) is 0 Å². The Kier molecular flexibility index (Phi) is 6.20. The average Bonchev–Trinajstić information content (AvgIpc) is 3.41. The van der Waals surface area contributed by atoms with E-state index in [4.69, 9.17) is 37.6 Å². The smallest absolute Gasteiger partial charge is 0.231 e. The molecule has 186 valence electrons. The van der Waals surface area contributed by atoms with Crippen LogP contribution in [0.2, 0.25) is 0 Å². The molecule has 0 radical (unpaired) electrons. The molecule has 36 heavy (non-hydrogen) atoms. The molecule has 5 rings (SSSR count). The summed E-state index contributed by atoms with van der Waals surface area (Å²) in [6.45, 7) is 0.316. The number of benzene rings is 3. The lowest BCUT2D eigenvalue weighted by atomic mass is 10.0. The fourth-order valence-electron chi connectivity index (χ4n) is 4.05. The number of hydrogen-bond acceptors (Lipinski definition) is 9. The number of rotatable bonds is 8. The Bertz CT molecular complexity index is 1470. The van der Waals surface area contributed by atoms with Gasteiger partial charge in [0.05, 0.1) is 39.4 Å². The lowest BCUT2D eigenvalue weighted by molar-refractivity contribution is 0.168. The van der Waals surface area contributed by atoms with Crippen molar-refractivity contribution in [2.75, 3.05) is 35.2 Å². The molecule has 1 aromatic heterocycles. The fourth-order valence-corrected chi connectivity index (χ4v) is 4.05. The standard InChI is InChI=1S/C27H24O9/c1-29-16-7-5-15(6-8-16)12-33-22-11-20-18(10-21(22)30-2)24(28)19(13-34-20)17-9-23(31-3)26-27(25(17)32-4)36-14-35-26/h5-11,13H,12,14H2,1-4H3. The largest absolute Gasteiger partial charge is 0.497 e. The summed E-state index contributed by atoms with van der Waals surface area (Å²) in [7, 11) is 6.13. The van der Waals surface area contributed by atoms with E-state index in [2.05, 4.69) is 0 Å². The minimum absolute atomic E-state index is 0.0222. The van der Waals surface area contributed by atoms with E-state index in [1.54, 1.807) is 25.3 Å². The second kappa shape index (κ2) is 9.61. The molecule has 0 amide bonds. The Labute approximate surface area is 206 Å². The molecule has 0 bridgehead atoms. The highest BCUT2D eigenvalue weighted by atomic mass is 16.7. The van der Waals surface area contributed by atoms with Gasteiger partial charge < -0.3 is 37.6 Å². The van der Waals surface area contributed by atoms with Gasteiger partial charge in [-0.25, -0.2) is 0 Å². The zero-order chi connectivity index (χ0) is 25.2. The summed E-state index contributed by atoms with van der Waals surface area (Å²) in [6.07, 6.45) is 1.38. The van der Waals surface area contributed by atoms with Crippen LogP contribution in [0.3, 0.4) is 0 Å². The molecule has 0 spiro atoms. The van der Waals surface area contributed by atoms with Crippen LogP contribution in [0.1, 0.15) is 5.56 Å². The van der Waals surface area contributed by atoms with E-state index in [1.165, 1.54) is 27.6 Å². The van der Waals surface area contributed by atoms with Gasteiger partial charge in [0.25, 0.3) is 0 Å².